The molecule has 0 saturated carbocycles. The zero-order valence-corrected chi connectivity index (χ0v) is 11.8. The first-order valence-electron chi connectivity index (χ1n) is 6.00. The topological polar surface area (TPSA) is 63.4 Å². The normalized spacial score (nSPS) is 22.0. The summed E-state index contributed by atoms with van der Waals surface area (Å²) in [5.74, 6) is 0. The highest BCUT2D eigenvalue weighted by molar-refractivity contribution is 7.89. The minimum atomic E-state index is -3.54. The Labute approximate surface area is 113 Å². The zero-order chi connectivity index (χ0) is 13.3. The van der Waals surface area contributed by atoms with E-state index in [1.165, 1.54) is 16.4 Å². The molecule has 6 heteroatoms. The van der Waals surface area contributed by atoms with E-state index in [9.17, 15) is 8.42 Å². The summed E-state index contributed by atoms with van der Waals surface area (Å²) >= 11 is 5.99. The summed E-state index contributed by atoms with van der Waals surface area (Å²) in [5.41, 5.74) is 6.05. The molecule has 1 fully saturated rings. The van der Waals surface area contributed by atoms with Gasteiger partial charge in [-0.2, -0.15) is 4.31 Å². The Morgan fingerprint density at radius 2 is 2.11 bits per heavy atom. The summed E-state index contributed by atoms with van der Waals surface area (Å²) in [7, 11) is -3.54. The van der Waals surface area contributed by atoms with E-state index < -0.39 is 10.0 Å². The Morgan fingerprint density at radius 1 is 1.39 bits per heavy atom. The highest BCUT2D eigenvalue weighted by Crippen LogP contribution is 2.30. The molecule has 1 aromatic carbocycles. The van der Waals surface area contributed by atoms with Crippen LogP contribution in [-0.2, 0) is 10.0 Å². The monoisotopic (exact) mass is 288 g/mol. The predicted molar refractivity (Wildman–Crippen MR) is 73.1 cm³/mol. The molecule has 0 amide bonds. The highest BCUT2D eigenvalue weighted by Gasteiger charge is 2.32. The van der Waals surface area contributed by atoms with Crippen molar-refractivity contribution >= 4 is 27.3 Å². The first-order chi connectivity index (χ1) is 8.43. The van der Waals surface area contributed by atoms with Gasteiger partial charge in [-0.3, -0.25) is 0 Å². The van der Waals surface area contributed by atoms with Crippen LogP contribution in [-0.4, -0.2) is 25.3 Å². The van der Waals surface area contributed by atoms with Crippen molar-refractivity contribution in [2.45, 2.75) is 37.1 Å². The van der Waals surface area contributed by atoms with E-state index in [1.807, 2.05) is 6.92 Å². The van der Waals surface area contributed by atoms with Gasteiger partial charge < -0.3 is 5.73 Å². The van der Waals surface area contributed by atoms with Crippen LogP contribution in [0.1, 0.15) is 26.2 Å². The average molecular weight is 289 g/mol. The lowest BCUT2D eigenvalue weighted by Gasteiger charge is -2.32. The van der Waals surface area contributed by atoms with Crippen LogP contribution in [0, 0.1) is 0 Å². The van der Waals surface area contributed by atoms with Crippen molar-refractivity contribution in [1.82, 2.24) is 4.31 Å². The van der Waals surface area contributed by atoms with Crippen LogP contribution in [0.5, 0.6) is 0 Å². The second-order valence-electron chi connectivity index (χ2n) is 4.65. The molecule has 1 aliphatic rings. The molecule has 0 radical (unpaired) electrons. The fraction of sp³-hybridized carbons (Fsp3) is 0.500. The van der Waals surface area contributed by atoms with Crippen molar-refractivity contribution in [3.63, 3.8) is 0 Å². The summed E-state index contributed by atoms with van der Waals surface area (Å²) in [6.45, 7) is 2.48. The Morgan fingerprint density at radius 3 is 2.78 bits per heavy atom. The van der Waals surface area contributed by atoms with Crippen molar-refractivity contribution in [2.24, 2.45) is 0 Å². The highest BCUT2D eigenvalue weighted by atomic mass is 35.5. The minimum absolute atomic E-state index is 0.0150. The maximum Gasteiger partial charge on any atom is 0.244 e. The standard InChI is InChI=1S/C12H17ClN2O2S/c1-9-4-2-3-7-15(9)18(16,17)12-8-10(14)5-6-11(12)13/h5-6,8-9H,2-4,7,14H2,1H3. The van der Waals surface area contributed by atoms with Crippen molar-refractivity contribution in [3.05, 3.63) is 23.2 Å². The first kappa shape index (κ1) is 13.6. The van der Waals surface area contributed by atoms with Crippen molar-refractivity contribution in [3.8, 4) is 0 Å². The van der Waals surface area contributed by atoms with Gasteiger partial charge in [-0.15, -0.1) is 0 Å². The molecule has 2 N–H and O–H groups in total. The fourth-order valence-electron chi connectivity index (χ4n) is 2.27. The Balaban J connectivity index is 2.44. The lowest BCUT2D eigenvalue weighted by Crippen LogP contribution is -2.42. The van der Waals surface area contributed by atoms with Gasteiger partial charge in [-0.05, 0) is 38.0 Å². The number of rotatable bonds is 2. The summed E-state index contributed by atoms with van der Waals surface area (Å²) in [6, 6.07) is 4.57. The molecule has 1 heterocycles. The third-order valence-electron chi connectivity index (χ3n) is 3.28. The van der Waals surface area contributed by atoms with Gasteiger partial charge in [0.25, 0.3) is 0 Å². The minimum Gasteiger partial charge on any atom is -0.399 e. The van der Waals surface area contributed by atoms with Crippen LogP contribution in [0.2, 0.25) is 5.02 Å². The van der Waals surface area contributed by atoms with Gasteiger partial charge in [-0.1, -0.05) is 18.0 Å². The molecule has 2 rings (SSSR count). The van der Waals surface area contributed by atoms with Gasteiger partial charge in [0.2, 0.25) is 10.0 Å². The molecule has 18 heavy (non-hydrogen) atoms. The number of nitrogens with two attached hydrogens (primary N) is 1. The number of sulfonamides is 1. The van der Waals surface area contributed by atoms with Crippen molar-refractivity contribution in [1.29, 1.82) is 0 Å². The van der Waals surface area contributed by atoms with Gasteiger partial charge in [0, 0.05) is 18.3 Å². The van der Waals surface area contributed by atoms with Gasteiger partial charge in [0.05, 0.1) is 5.02 Å². The van der Waals surface area contributed by atoms with E-state index >= 15 is 0 Å². The summed E-state index contributed by atoms with van der Waals surface area (Å²) in [5, 5.41) is 0.224. The number of hydrogen-bond donors (Lipinski definition) is 1. The van der Waals surface area contributed by atoms with Gasteiger partial charge in [0.1, 0.15) is 4.90 Å². The van der Waals surface area contributed by atoms with Crippen LogP contribution in [0.4, 0.5) is 5.69 Å². The second kappa shape index (κ2) is 5.07. The lowest BCUT2D eigenvalue weighted by atomic mass is 10.1. The van der Waals surface area contributed by atoms with Gasteiger partial charge >= 0.3 is 0 Å². The quantitative estimate of drug-likeness (QED) is 0.851. The van der Waals surface area contributed by atoms with Crippen LogP contribution in [0.3, 0.4) is 0 Å². The maximum absolute atomic E-state index is 12.6. The zero-order valence-electron chi connectivity index (χ0n) is 10.3. The van der Waals surface area contributed by atoms with Crippen LogP contribution >= 0.6 is 11.6 Å². The third-order valence-corrected chi connectivity index (χ3v) is 5.78. The molecule has 0 spiro atoms. The summed E-state index contributed by atoms with van der Waals surface area (Å²) in [4.78, 5) is 0.109. The number of nitrogen functional groups attached to an aromatic ring is 1. The Hall–Kier alpha value is -0.780. The van der Waals surface area contributed by atoms with Crippen LogP contribution < -0.4 is 5.73 Å². The van der Waals surface area contributed by atoms with E-state index in [-0.39, 0.29) is 16.0 Å². The molecule has 1 atom stereocenters. The largest absolute Gasteiger partial charge is 0.399 e. The van der Waals surface area contributed by atoms with E-state index in [2.05, 4.69) is 0 Å². The number of hydrogen-bond acceptors (Lipinski definition) is 3. The molecular formula is C12H17ClN2O2S. The van der Waals surface area contributed by atoms with E-state index in [4.69, 9.17) is 17.3 Å². The molecule has 0 aromatic heterocycles. The number of halogens is 1. The predicted octanol–water partition coefficient (Wildman–Crippen LogP) is 2.49. The van der Waals surface area contributed by atoms with Gasteiger partial charge in [-0.25, -0.2) is 8.42 Å². The molecule has 1 aliphatic heterocycles. The molecule has 1 saturated heterocycles. The smallest absolute Gasteiger partial charge is 0.244 e. The molecule has 4 nitrogen and oxygen atoms in total. The number of nitrogens with zero attached hydrogens (tertiary/aromatic N) is 1. The number of anilines is 1. The van der Waals surface area contributed by atoms with E-state index in [0.29, 0.717) is 12.2 Å². The van der Waals surface area contributed by atoms with E-state index in [0.717, 1.165) is 19.3 Å². The van der Waals surface area contributed by atoms with Gasteiger partial charge in [0.15, 0.2) is 0 Å². The van der Waals surface area contributed by atoms with Crippen LogP contribution in [0.15, 0.2) is 23.1 Å². The SMILES string of the molecule is CC1CCCCN1S(=O)(=O)c1cc(N)ccc1Cl. The summed E-state index contributed by atoms with van der Waals surface area (Å²) in [6.07, 6.45) is 2.85. The Bertz CT molecular complexity index is 545. The maximum atomic E-state index is 12.6. The molecule has 0 aliphatic carbocycles. The van der Waals surface area contributed by atoms with Crippen molar-refractivity contribution < 1.29 is 8.42 Å². The van der Waals surface area contributed by atoms with Crippen LogP contribution in [0.25, 0.3) is 0 Å². The summed E-state index contributed by atoms with van der Waals surface area (Å²) < 4.78 is 26.6. The average Bonchev–Trinajstić information content (AvgIpc) is 2.32. The van der Waals surface area contributed by atoms with E-state index in [1.54, 1.807) is 6.07 Å². The molecular weight excluding hydrogens is 272 g/mol. The second-order valence-corrected chi connectivity index (χ2v) is 6.92. The third kappa shape index (κ3) is 2.48. The number of benzene rings is 1. The Kier molecular flexibility index (Phi) is 3.84. The fourth-order valence-corrected chi connectivity index (χ4v) is 4.48. The number of piperidine rings is 1. The lowest BCUT2D eigenvalue weighted by molar-refractivity contribution is 0.268. The molecule has 1 unspecified atom stereocenters. The first-order valence-corrected chi connectivity index (χ1v) is 7.81. The molecule has 100 valence electrons. The molecule has 1 aromatic rings. The van der Waals surface area contributed by atoms with Crippen molar-refractivity contribution in [2.75, 3.05) is 12.3 Å². The molecule has 0 bridgehead atoms.